The van der Waals surface area contributed by atoms with Gasteiger partial charge in [-0.1, -0.05) is 12.1 Å². The maximum absolute atomic E-state index is 4.84. The summed E-state index contributed by atoms with van der Waals surface area (Å²) in [5.41, 5.74) is 6.01. The van der Waals surface area contributed by atoms with Gasteiger partial charge in [-0.25, -0.2) is 9.97 Å². The van der Waals surface area contributed by atoms with Gasteiger partial charge in [-0.2, -0.15) is 0 Å². The van der Waals surface area contributed by atoms with Crippen LogP contribution in [0, 0.1) is 13.8 Å². The van der Waals surface area contributed by atoms with E-state index in [4.69, 9.17) is 9.97 Å². The fourth-order valence-corrected chi connectivity index (χ4v) is 4.63. The van der Waals surface area contributed by atoms with Crippen molar-refractivity contribution in [2.45, 2.75) is 13.8 Å². The van der Waals surface area contributed by atoms with Crippen LogP contribution < -0.4 is 0 Å². The minimum absolute atomic E-state index is 0.925. The molecule has 0 atom stereocenters. The van der Waals surface area contributed by atoms with Gasteiger partial charge in [0.05, 0.1) is 11.0 Å². The number of aromatic nitrogens is 4. The van der Waals surface area contributed by atoms with Crippen LogP contribution >= 0.6 is 22.7 Å². The summed E-state index contributed by atoms with van der Waals surface area (Å²) < 4.78 is 0. The van der Waals surface area contributed by atoms with Gasteiger partial charge in [0.1, 0.15) is 10.0 Å². The monoisotopic (exact) mass is 374 g/mol. The molecular formula is C20H14N4S2. The molecule has 1 aromatic carbocycles. The second-order valence-electron chi connectivity index (χ2n) is 6.15. The smallest absolute Gasteiger partial charge is 0.124 e. The molecule has 0 fully saturated rings. The van der Waals surface area contributed by atoms with E-state index in [2.05, 4.69) is 34.2 Å². The van der Waals surface area contributed by atoms with E-state index in [1.807, 2.05) is 37.0 Å². The molecule has 0 unspecified atom stereocenters. The zero-order valence-electron chi connectivity index (χ0n) is 14.2. The molecule has 0 saturated carbocycles. The Bertz CT molecular complexity index is 1140. The van der Waals surface area contributed by atoms with Gasteiger partial charge in [-0.15, -0.1) is 22.7 Å². The lowest BCUT2D eigenvalue weighted by Crippen LogP contribution is -1.94. The van der Waals surface area contributed by atoms with Crippen LogP contribution in [0.4, 0.5) is 0 Å². The molecule has 0 saturated heterocycles. The highest BCUT2D eigenvalue weighted by atomic mass is 32.1. The zero-order valence-corrected chi connectivity index (χ0v) is 15.9. The lowest BCUT2D eigenvalue weighted by Gasteiger charge is -2.11. The Kier molecular flexibility index (Phi) is 3.55. The molecular weight excluding hydrogens is 360 g/mol. The molecule has 0 N–H and O–H groups in total. The average molecular weight is 374 g/mol. The fraction of sp³-hybridized carbons (Fsp3) is 0.100. The SMILES string of the molecule is Cc1cc(-c2nccs2)c2ccc3c(-c4nccs4)cc(C)nc3c2n1. The van der Waals surface area contributed by atoms with Gasteiger partial charge in [-0.3, -0.25) is 9.97 Å². The van der Waals surface area contributed by atoms with Crippen molar-refractivity contribution >= 4 is 44.5 Å². The van der Waals surface area contributed by atoms with Gasteiger partial charge in [-0.05, 0) is 26.0 Å². The van der Waals surface area contributed by atoms with Crippen molar-refractivity contribution in [3.05, 3.63) is 58.8 Å². The molecule has 4 nitrogen and oxygen atoms in total. The number of thiazole rings is 2. The van der Waals surface area contributed by atoms with E-state index < -0.39 is 0 Å². The minimum Gasteiger partial charge on any atom is -0.251 e. The third-order valence-corrected chi connectivity index (χ3v) is 5.95. The molecule has 0 aliphatic rings. The molecule has 0 aliphatic heterocycles. The molecule has 0 amide bonds. The third kappa shape index (κ3) is 2.41. The molecule has 0 spiro atoms. The molecule has 4 heterocycles. The van der Waals surface area contributed by atoms with E-state index in [0.717, 1.165) is 54.3 Å². The Hall–Kier alpha value is -2.70. The number of fused-ring (bicyclic) bond motifs is 3. The summed E-state index contributed by atoms with van der Waals surface area (Å²) in [6.07, 6.45) is 3.68. The first kappa shape index (κ1) is 15.5. The predicted octanol–water partition coefficient (Wildman–Crippen LogP) is 5.65. The van der Waals surface area contributed by atoms with E-state index in [1.165, 1.54) is 0 Å². The highest BCUT2D eigenvalue weighted by Gasteiger charge is 2.15. The summed E-state index contributed by atoms with van der Waals surface area (Å²) in [6, 6.07) is 8.47. The number of hydrogen-bond donors (Lipinski definition) is 0. The largest absolute Gasteiger partial charge is 0.251 e. The van der Waals surface area contributed by atoms with Crippen LogP contribution in [0.5, 0.6) is 0 Å². The molecule has 5 aromatic rings. The second kappa shape index (κ2) is 5.93. The van der Waals surface area contributed by atoms with E-state index in [9.17, 15) is 0 Å². The van der Waals surface area contributed by atoms with Crippen molar-refractivity contribution in [2.75, 3.05) is 0 Å². The molecule has 0 radical (unpaired) electrons. The van der Waals surface area contributed by atoms with Gasteiger partial charge < -0.3 is 0 Å². The maximum atomic E-state index is 4.84. The first-order chi connectivity index (χ1) is 12.7. The van der Waals surface area contributed by atoms with E-state index in [0.29, 0.717) is 0 Å². The van der Waals surface area contributed by atoms with Crippen LogP contribution in [0.1, 0.15) is 11.4 Å². The fourth-order valence-electron chi connectivity index (χ4n) is 3.30. The van der Waals surface area contributed by atoms with Crippen molar-refractivity contribution in [1.29, 1.82) is 0 Å². The second-order valence-corrected chi connectivity index (χ2v) is 7.94. The first-order valence-corrected chi connectivity index (χ1v) is 9.98. The summed E-state index contributed by atoms with van der Waals surface area (Å²) >= 11 is 3.28. The topological polar surface area (TPSA) is 51.6 Å². The summed E-state index contributed by atoms with van der Waals surface area (Å²) in [4.78, 5) is 18.7. The summed E-state index contributed by atoms with van der Waals surface area (Å²) in [7, 11) is 0. The molecule has 6 heteroatoms. The number of pyridine rings is 2. The maximum Gasteiger partial charge on any atom is 0.124 e. The quantitative estimate of drug-likeness (QED) is 0.375. The van der Waals surface area contributed by atoms with Crippen molar-refractivity contribution in [2.24, 2.45) is 0 Å². The number of nitrogens with zero attached hydrogens (tertiary/aromatic N) is 4. The minimum atomic E-state index is 0.925. The Labute approximate surface area is 158 Å². The lowest BCUT2D eigenvalue weighted by molar-refractivity contribution is 1.23. The number of hydrogen-bond acceptors (Lipinski definition) is 6. The normalized spacial score (nSPS) is 11.5. The predicted molar refractivity (Wildman–Crippen MR) is 109 cm³/mol. The Morgan fingerprint density at radius 3 is 1.54 bits per heavy atom. The van der Waals surface area contributed by atoms with Crippen molar-refractivity contribution in [3.63, 3.8) is 0 Å². The van der Waals surface area contributed by atoms with E-state index >= 15 is 0 Å². The number of rotatable bonds is 2. The Balaban J connectivity index is 1.92. The highest BCUT2D eigenvalue weighted by molar-refractivity contribution is 7.13. The summed E-state index contributed by atoms with van der Waals surface area (Å²) in [5.74, 6) is 0. The van der Waals surface area contributed by atoms with Gasteiger partial charge in [0, 0.05) is 56.4 Å². The molecule has 0 bridgehead atoms. The summed E-state index contributed by atoms with van der Waals surface area (Å²) in [5, 5.41) is 8.18. The molecule has 5 rings (SSSR count). The van der Waals surface area contributed by atoms with E-state index in [-0.39, 0.29) is 0 Å². The van der Waals surface area contributed by atoms with Crippen molar-refractivity contribution in [1.82, 2.24) is 19.9 Å². The molecule has 0 aliphatic carbocycles. The van der Waals surface area contributed by atoms with Crippen LogP contribution in [0.15, 0.2) is 47.4 Å². The lowest BCUT2D eigenvalue weighted by atomic mass is 10.0. The number of aryl methyl sites for hydroxylation is 2. The Morgan fingerprint density at radius 1 is 0.692 bits per heavy atom. The molecule has 26 heavy (non-hydrogen) atoms. The summed E-state index contributed by atoms with van der Waals surface area (Å²) in [6.45, 7) is 4.04. The van der Waals surface area contributed by atoms with Gasteiger partial charge in [0.25, 0.3) is 0 Å². The third-order valence-electron chi connectivity index (χ3n) is 4.34. The van der Waals surface area contributed by atoms with Crippen molar-refractivity contribution in [3.8, 4) is 21.1 Å². The van der Waals surface area contributed by atoms with Crippen LogP contribution in [-0.4, -0.2) is 19.9 Å². The van der Waals surface area contributed by atoms with Crippen LogP contribution in [0.3, 0.4) is 0 Å². The molecule has 4 aromatic heterocycles. The van der Waals surface area contributed by atoms with Crippen LogP contribution in [-0.2, 0) is 0 Å². The zero-order chi connectivity index (χ0) is 17.7. The van der Waals surface area contributed by atoms with Crippen LogP contribution in [0.2, 0.25) is 0 Å². The van der Waals surface area contributed by atoms with Gasteiger partial charge in [0.2, 0.25) is 0 Å². The molecule has 126 valence electrons. The average Bonchev–Trinajstić information content (AvgIpc) is 3.34. The first-order valence-electron chi connectivity index (χ1n) is 8.22. The Morgan fingerprint density at radius 2 is 1.15 bits per heavy atom. The number of benzene rings is 1. The standard InChI is InChI=1S/C20H14N4S2/c1-11-9-15(19-21-5-7-25-19)13-3-4-14-16(20-22-6-8-26-20)10-12(2)24-18(14)17(13)23-11/h3-10H,1-2H3. The van der Waals surface area contributed by atoms with Crippen molar-refractivity contribution < 1.29 is 0 Å². The highest BCUT2D eigenvalue weighted by Crippen LogP contribution is 2.37. The van der Waals surface area contributed by atoms with E-state index in [1.54, 1.807) is 22.7 Å². The van der Waals surface area contributed by atoms with Gasteiger partial charge >= 0.3 is 0 Å². The van der Waals surface area contributed by atoms with Crippen LogP contribution in [0.25, 0.3) is 42.9 Å². The van der Waals surface area contributed by atoms with Gasteiger partial charge in [0.15, 0.2) is 0 Å².